The lowest BCUT2D eigenvalue weighted by molar-refractivity contribution is 0.693. The summed E-state index contributed by atoms with van der Waals surface area (Å²) in [5, 5.41) is 21.7. The average Bonchev–Trinajstić information content (AvgIpc) is 2.99. The maximum absolute atomic E-state index is 8.98. The second-order valence-electron chi connectivity index (χ2n) is 6.65. The molecule has 0 amide bonds. The molecule has 0 fully saturated rings. The quantitative estimate of drug-likeness (QED) is 0.709. The van der Waals surface area contributed by atoms with Crippen LogP contribution >= 0.6 is 0 Å². The Morgan fingerprint density at radius 3 is 2.73 bits per heavy atom. The first-order valence-corrected chi connectivity index (χ1v) is 8.53. The lowest BCUT2D eigenvalue weighted by Crippen LogP contribution is -2.32. The van der Waals surface area contributed by atoms with Crippen LogP contribution in [0.1, 0.15) is 28.2 Å². The van der Waals surface area contributed by atoms with E-state index in [4.69, 9.17) is 5.26 Å². The van der Waals surface area contributed by atoms with Crippen molar-refractivity contribution in [2.45, 2.75) is 26.8 Å². The van der Waals surface area contributed by atoms with Crippen molar-refractivity contribution in [3.8, 4) is 17.2 Å². The molecule has 0 saturated heterocycles. The number of fused-ring (bicyclic) bond motifs is 1. The monoisotopic (exact) mass is 345 g/mol. The van der Waals surface area contributed by atoms with Crippen LogP contribution in [0.3, 0.4) is 0 Å². The van der Waals surface area contributed by atoms with E-state index in [1.165, 1.54) is 5.56 Å². The molecule has 0 N–H and O–H groups in total. The summed E-state index contributed by atoms with van der Waals surface area (Å²) in [6.45, 7) is 5.55. The third-order valence-electron chi connectivity index (χ3n) is 4.74. The predicted molar refractivity (Wildman–Crippen MR) is 97.4 cm³/mol. The fourth-order valence-corrected chi connectivity index (χ4v) is 3.48. The summed E-state index contributed by atoms with van der Waals surface area (Å²) >= 11 is 0. The highest BCUT2D eigenvalue weighted by molar-refractivity contribution is 5.65. The van der Waals surface area contributed by atoms with Gasteiger partial charge in [-0.25, -0.2) is 0 Å². The third-order valence-corrected chi connectivity index (χ3v) is 4.74. The summed E-state index contributed by atoms with van der Waals surface area (Å²) in [6.07, 6.45) is 4.82. The van der Waals surface area contributed by atoms with Gasteiger partial charge in [0.05, 0.1) is 5.69 Å². The van der Waals surface area contributed by atoms with Crippen LogP contribution in [0, 0.1) is 25.2 Å². The van der Waals surface area contributed by atoms with Crippen molar-refractivity contribution in [2.75, 3.05) is 11.4 Å². The van der Waals surface area contributed by atoms with Gasteiger partial charge >= 0.3 is 0 Å². The second-order valence-corrected chi connectivity index (χ2v) is 6.65. The molecular formula is C19H19N7. The van der Waals surface area contributed by atoms with Gasteiger partial charge in [-0.2, -0.15) is 10.4 Å². The molecule has 1 aliphatic rings. The third kappa shape index (κ3) is 2.80. The molecule has 130 valence electrons. The molecule has 7 heteroatoms. The number of hydrogen-bond acceptors (Lipinski definition) is 6. The summed E-state index contributed by atoms with van der Waals surface area (Å²) in [5.41, 5.74) is 6.82. The molecule has 1 aliphatic heterocycles. The van der Waals surface area contributed by atoms with Crippen LogP contribution < -0.4 is 4.90 Å². The first kappa shape index (κ1) is 16.2. The molecule has 0 spiro atoms. The van der Waals surface area contributed by atoms with Crippen LogP contribution in [0.2, 0.25) is 0 Å². The molecule has 26 heavy (non-hydrogen) atoms. The number of nitriles is 1. The normalized spacial score (nSPS) is 13.4. The van der Waals surface area contributed by atoms with Crippen LogP contribution in [0.4, 0.5) is 5.82 Å². The van der Waals surface area contributed by atoms with Gasteiger partial charge in [0.25, 0.3) is 0 Å². The lowest BCUT2D eigenvalue weighted by atomic mass is 10.0. The van der Waals surface area contributed by atoms with Crippen LogP contribution in [0.25, 0.3) is 11.1 Å². The molecule has 4 rings (SSSR count). The maximum atomic E-state index is 8.98. The number of aryl methyl sites for hydroxylation is 3. The fourth-order valence-electron chi connectivity index (χ4n) is 3.48. The summed E-state index contributed by atoms with van der Waals surface area (Å²) in [5.74, 6) is 0.831. The molecule has 4 heterocycles. The van der Waals surface area contributed by atoms with Crippen molar-refractivity contribution >= 4 is 5.82 Å². The highest BCUT2D eigenvalue weighted by Crippen LogP contribution is 2.28. The summed E-state index contributed by atoms with van der Waals surface area (Å²) < 4.78 is 1.83. The Bertz CT molecular complexity index is 1030. The molecule has 0 aliphatic carbocycles. The van der Waals surface area contributed by atoms with Gasteiger partial charge in [-0.3, -0.25) is 9.67 Å². The van der Waals surface area contributed by atoms with Crippen molar-refractivity contribution in [3.05, 3.63) is 52.7 Å². The van der Waals surface area contributed by atoms with Gasteiger partial charge in [-0.05, 0) is 37.1 Å². The van der Waals surface area contributed by atoms with Gasteiger partial charge < -0.3 is 4.90 Å². The first-order chi connectivity index (χ1) is 12.5. The zero-order valence-corrected chi connectivity index (χ0v) is 15.1. The van der Waals surface area contributed by atoms with Crippen molar-refractivity contribution in [3.63, 3.8) is 0 Å². The van der Waals surface area contributed by atoms with E-state index < -0.39 is 0 Å². The Kier molecular flexibility index (Phi) is 3.88. The van der Waals surface area contributed by atoms with E-state index in [-0.39, 0.29) is 0 Å². The number of nitrogens with zero attached hydrogens (tertiary/aromatic N) is 7. The van der Waals surface area contributed by atoms with Crippen molar-refractivity contribution in [1.82, 2.24) is 25.0 Å². The molecule has 0 saturated carbocycles. The smallest absolute Gasteiger partial charge is 0.163 e. The van der Waals surface area contributed by atoms with Gasteiger partial charge in [0, 0.05) is 55.8 Å². The molecule has 0 unspecified atom stereocenters. The number of pyridine rings is 1. The van der Waals surface area contributed by atoms with E-state index >= 15 is 0 Å². The van der Waals surface area contributed by atoms with Gasteiger partial charge in [-0.1, -0.05) is 0 Å². The standard InChI is InChI=1S/C19H19N7/c1-12-6-16(8-20)22-23-19(12)26-5-4-18-15(10-26)7-14(9-21-18)17-11-25(3)24-13(17)2/h6-7,9,11H,4-5,10H2,1-3H3. The maximum Gasteiger partial charge on any atom is 0.163 e. The minimum atomic E-state index is 0.347. The van der Waals surface area contributed by atoms with Gasteiger partial charge in [0.2, 0.25) is 0 Å². The van der Waals surface area contributed by atoms with E-state index in [0.717, 1.165) is 53.4 Å². The van der Waals surface area contributed by atoms with E-state index in [9.17, 15) is 0 Å². The molecule has 0 bridgehead atoms. The zero-order valence-electron chi connectivity index (χ0n) is 15.1. The Balaban J connectivity index is 1.67. The summed E-state index contributed by atoms with van der Waals surface area (Å²) in [7, 11) is 1.93. The molecule has 7 nitrogen and oxygen atoms in total. The second kappa shape index (κ2) is 6.23. The number of hydrogen-bond donors (Lipinski definition) is 0. The summed E-state index contributed by atoms with van der Waals surface area (Å²) in [6, 6.07) is 6.02. The van der Waals surface area contributed by atoms with Gasteiger partial charge in [0.15, 0.2) is 11.5 Å². The number of anilines is 1. The van der Waals surface area contributed by atoms with Crippen molar-refractivity contribution in [2.24, 2.45) is 7.05 Å². The molecule has 0 atom stereocenters. The molecule has 3 aromatic heterocycles. The fraction of sp³-hybridized carbons (Fsp3) is 0.316. The van der Waals surface area contributed by atoms with Crippen molar-refractivity contribution in [1.29, 1.82) is 5.26 Å². The first-order valence-electron chi connectivity index (χ1n) is 8.53. The van der Waals surface area contributed by atoms with E-state index in [0.29, 0.717) is 5.69 Å². The topological polar surface area (TPSA) is 83.5 Å². The highest BCUT2D eigenvalue weighted by Gasteiger charge is 2.21. The average molecular weight is 345 g/mol. The lowest BCUT2D eigenvalue weighted by Gasteiger charge is -2.30. The molecule has 3 aromatic rings. The van der Waals surface area contributed by atoms with E-state index in [2.05, 4.69) is 31.2 Å². The predicted octanol–water partition coefficient (Wildman–Crippen LogP) is 2.32. The van der Waals surface area contributed by atoms with Crippen LogP contribution in [0.5, 0.6) is 0 Å². The SMILES string of the molecule is Cc1cc(C#N)nnc1N1CCc2ncc(-c3cn(C)nc3C)cc2C1. The van der Waals surface area contributed by atoms with Crippen LogP contribution in [0.15, 0.2) is 24.5 Å². The molecule has 0 radical (unpaired) electrons. The highest BCUT2D eigenvalue weighted by atomic mass is 15.3. The molecular weight excluding hydrogens is 326 g/mol. The Labute approximate surface area is 151 Å². The Morgan fingerprint density at radius 1 is 1.19 bits per heavy atom. The minimum absolute atomic E-state index is 0.347. The van der Waals surface area contributed by atoms with E-state index in [1.807, 2.05) is 44.0 Å². The van der Waals surface area contributed by atoms with Gasteiger partial charge in [0.1, 0.15) is 6.07 Å². The van der Waals surface area contributed by atoms with Crippen LogP contribution in [-0.2, 0) is 20.0 Å². The Morgan fingerprint density at radius 2 is 2.04 bits per heavy atom. The van der Waals surface area contributed by atoms with Gasteiger partial charge in [-0.15, -0.1) is 10.2 Å². The number of rotatable bonds is 2. The summed E-state index contributed by atoms with van der Waals surface area (Å²) in [4.78, 5) is 6.88. The number of aromatic nitrogens is 5. The Hall–Kier alpha value is -3.27. The largest absolute Gasteiger partial charge is 0.350 e. The van der Waals surface area contributed by atoms with Crippen molar-refractivity contribution < 1.29 is 0 Å². The zero-order chi connectivity index (χ0) is 18.3. The molecule has 0 aromatic carbocycles. The van der Waals surface area contributed by atoms with E-state index in [1.54, 1.807) is 6.07 Å². The minimum Gasteiger partial charge on any atom is -0.350 e. The van der Waals surface area contributed by atoms with Crippen LogP contribution in [-0.4, -0.2) is 31.5 Å².